The van der Waals surface area contributed by atoms with Gasteiger partial charge in [-0.05, 0) is 49.6 Å². The van der Waals surface area contributed by atoms with Crippen LogP contribution in [0.25, 0.3) is 10.4 Å². The van der Waals surface area contributed by atoms with Crippen LogP contribution in [0.2, 0.25) is 0 Å². The Morgan fingerprint density at radius 1 is 1.12 bits per heavy atom. The Kier molecular flexibility index (Phi) is 4.44. The van der Waals surface area contributed by atoms with Crippen LogP contribution < -0.4 is 5.32 Å². The fourth-order valence-electron chi connectivity index (χ4n) is 2.53. The first-order valence-electron chi connectivity index (χ1n) is 7.55. The summed E-state index contributed by atoms with van der Waals surface area (Å²) in [6, 6.07) is 13.8. The van der Waals surface area contributed by atoms with Crippen molar-refractivity contribution in [2.45, 2.75) is 19.4 Å². The summed E-state index contributed by atoms with van der Waals surface area (Å²) in [5, 5.41) is 4.82. The highest BCUT2D eigenvalue weighted by molar-refractivity contribution is 7.13. The minimum absolute atomic E-state index is 0.321. The lowest BCUT2D eigenvalue weighted by Crippen LogP contribution is -2.41. The van der Waals surface area contributed by atoms with E-state index in [9.17, 15) is 9.18 Å². The number of amides is 1. The van der Waals surface area contributed by atoms with Crippen LogP contribution in [0.3, 0.4) is 0 Å². The van der Waals surface area contributed by atoms with Gasteiger partial charge in [0.15, 0.2) is 0 Å². The third kappa shape index (κ3) is 3.21. The maximum Gasteiger partial charge on any atom is 0.252 e. The van der Waals surface area contributed by atoms with Crippen molar-refractivity contribution >= 4 is 17.2 Å². The van der Waals surface area contributed by atoms with Crippen LogP contribution in [0.4, 0.5) is 4.39 Å². The first kappa shape index (κ1) is 16.3. The van der Waals surface area contributed by atoms with Crippen molar-refractivity contribution in [2.24, 2.45) is 0 Å². The van der Waals surface area contributed by atoms with Crippen molar-refractivity contribution in [1.82, 2.24) is 10.3 Å². The summed E-state index contributed by atoms with van der Waals surface area (Å²) in [6.45, 7) is 3.74. The van der Waals surface area contributed by atoms with E-state index in [1.54, 1.807) is 18.3 Å². The SMILES string of the molecule is CC(C)(NC(=O)c1cccc(F)c1-c1cccs1)c1ccccn1. The van der Waals surface area contributed by atoms with Gasteiger partial charge >= 0.3 is 0 Å². The molecule has 3 aromatic rings. The minimum atomic E-state index is -0.669. The summed E-state index contributed by atoms with van der Waals surface area (Å²) in [5.41, 5.74) is 0.730. The number of thiophene rings is 1. The number of nitrogens with zero attached hydrogens (tertiary/aromatic N) is 1. The highest BCUT2D eigenvalue weighted by Crippen LogP contribution is 2.31. The van der Waals surface area contributed by atoms with Gasteiger partial charge < -0.3 is 5.32 Å². The molecule has 0 saturated heterocycles. The lowest BCUT2D eigenvalue weighted by Gasteiger charge is -2.26. The molecule has 0 radical (unpaired) electrons. The summed E-state index contributed by atoms with van der Waals surface area (Å²) < 4.78 is 14.3. The number of pyridine rings is 1. The second kappa shape index (κ2) is 6.53. The van der Waals surface area contributed by atoms with Gasteiger partial charge in [0.25, 0.3) is 5.91 Å². The zero-order valence-electron chi connectivity index (χ0n) is 13.4. The van der Waals surface area contributed by atoms with Gasteiger partial charge in [-0.1, -0.05) is 18.2 Å². The Balaban J connectivity index is 1.96. The maximum absolute atomic E-state index is 14.3. The molecule has 0 atom stereocenters. The average Bonchev–Trinajstić information content (AvgIpc) is 3.09. The van der Waals surface area contributed by atoms with Gasteiger partial charge in [0.05, 0.1) is 16.8 Å². The third-order valence-corrected chi connectivity index (χ3v) is 4.64. The second-order valence-corrected chi connectivity index (χ2v) is 6.88. The summed E-state index contributed by atoms with van der Waals surface area (Å²) >= 11 is 1.40. The summed E-state index contributed by atoms with van der Waals surface area (Å²) in [5.74, 6) is -0.728. The van der Waals surface area contributed by atoms with Gasteiger partial charge in [0.2, 0.25) is 0 Å². The van der Waals surface area contributed by atoms with Crippen LogP contribution in [-0.2, 0) is 5.54 Å². The lowest BCUT2D eigenvalue weighted by molar-refractivity contribution is 0.0910. The average molecular weight is 340 g/mol. The van der Waals surface area contributed by atoms with E-state index in [4.69, 9.17) is 0 Å². The minimum Gasteiger partial charge on any atom is -0.341 e. The molecule has 2 aromatic heterocycles. The van der Waals surface area contributed by atoms with Crippen molar-refractivity contribution in [3.8, 4) is 10.4 Å². The summed E-state index contributed by atoms with van der Waals surface area (Å²) in [7, 11) is 0. The van der Waals surface area contributed by atoms with E-state index in [0.29, 0.717) is 11.1 Å². The van der Waals surface area contributed by atoms with Gasteiger partial charge in [0.1, 0.15) is 5.82 Å². The summed E-state index contributed by atoms with van der Waals surface area (Å²) in [4.78, 5) is 17.8. The number of aromatic nitrogens is 1. The van der Waals surface area contributed by atoms with E-state index in [2.05, 4.69) is 10.3 Å². The van der Waals surface area contributed by atoms with Crippen molar-refractivity contribution in [3.63, 3.8) is 0 Å². The maximum atomic E-state index is 14.3. The normalized spacial score (nSPS) is 11.3. The van der Waals surface area contributed by atoms with E-state index in [0.717, 1.165) is 10.6 Å². The smallest absolute Gasteiger partial charge is 0.252 e. The van der Waals surface area contributed by atoms with Gasteiger partial charge in [-0.3, -0.25) is 9.78 Å². The van der Waals surface area contributed by atoms with Crippen LogP contribution in [-0.4, -0.2) is 10.9 Å². The number of hydrogen-bond donors (Lipinski definition) is 1. The molecule has 0 unspecified atom stereocenters. The number of carbonyl (C=O) groups is 1. The molecule has 122 valence electrons. The molecule has 0 aliphatic heterocycles. The molecule has 5 heteroatoms. The third-order valence-electron chi connectivity index (χ3n) is 3.76. The molecule has 0 bridgehead atoms. The van der Waals surface area contributed by atoms with E-state index in [1.165, 1.54) is 17.4 Å². The highest BCUT2D eigenvalue weighted by atomic mass is 32.1. The van der Waals surface area contributed by atoms with Crippen LogP contribution in [0, 0.1) is 5.82 Å². The number of benzene rings is 1. The van der Waals surface area contributed by atoms with Crippen LogP contribution >= 0.6 is 11.3 Å². The Morgan fingerprint density at radius 2 is 1.96 bits per heavy atom. The van der Waals surface area contributed by atoms with Crippen molar-refractivity contribution in [3.05, 3.63) is 77.2 Å². The molecule has 1 amide bonds. The van der Waals surface area contributed by atoms with Crippen molar-refractivity contribution in [1.29, 1.82) is 0 Å². The molecule has 3 rings (SSSR count). The predicted molar refractivity (Wildman–Crippen MR) is 94.4 cm³/mol. The van der Waals surface area contributed by atoms with E-state index in [1.807, 2.05) is 49.6 Å². The first-order valence-corrected chi connectivity index (χ1v) is 8.43. The Labute approximate surface area is 144 Å². The zero-order chi connectivity index (χ0) is 17.2. The standard InChI is InChI=1S/C19H17FN2OS/c1-19(2,16-10-3-4-11-21-16)22-18(23)13-7-5-8-14(20)17(13)15-9-6-12-24-15/h3-12H,1-2H3,(H,22,23). The molecule has 0 aliphatic rings. The summed E-state index contributed by atoms with van der Waals surface area (Å²) in [6.07, 6.45) is 1.68. The Morgan fingerprint density at radius 3 is 2.62 bits per heavy atom. The number of hydrogen-bond acceptors (Lipinski definition) is 3. The van der Waals surface area contributed by atoms with E-state index < -0.39 is 11.4 Å². The van der Waals surface area contributed by atoms with Crippen LogP contribution in [0.5, 0.6) is 0 Å². The van der Waals surface area contributed by atoms with Crippen LogP contribution in [0.15, 0.2) is 60.1 Å². The molecule has 3 nitrogen and oxygen atoms in total. The monoisotopic (exact) mass is 340 g/mol. The van der Waals surface area contributed by atoms with Crippen molar-refractivity contribution in [2.75, 3.05) is 0 Å². The Bertz CT molecular complexity index is 845. The second-order valence-electron chi connectivity index (χ2n) is 5.93. The molecule has 0 fully saturated rings. The fourth-order valence-corrected chi connectivity index (χ4v) is 3.32. The number of halogens is 1. The van der Waals surface area contributed by atoms with Gasteiger partial charge in [0, 0.05) is 16.6 Å². The molecule has 1 N–H and O–H groups in total. The van der Waals surface area contributed by atoms with Crippen molar-refractivity contribution < 1.29 is 9.18 Å². The van der Waals surface area contributed by atoms with Gasteiger partial charge in [-0.2, -0.15) is 0 Å². The quantitative estimate of drug-likeness (QED) is 0.753. The molecule has 24 heavy (non-hydrogen) atoms. The molecule has 0 aliphatic carbocycles. The van der Waals surface area contributed by atoms with Gasteiger partial charge in [-0.15, -0.1) is 11.3 Å². The first-order chi connectivity index (χ1) is 11.5. The number of nitrogens with one attached hydrogen (secondary N) is 1. The van der Waals surface area contributed by atoms with Gasteiger partial charge in [-0.25, -0.2) is 4.39 Å². The number of carbonyl (C=O) groups excluding carboxylic acids is 1. The lowest BCUT2D eigenvalue weighted by atomic mass is 9.97. The fraction of sp³-hybridized carbons (Fsp3) is 0.158. The predicted octanol–water partition coefficient (Wildman–Crippen LogP) is 4.61. The topological polar surface area (TPSA) is 42.0 Å². The number of rotatable bonds is 4. The molecule has 2 heterocycles. The Hall–Kier alpha value is -2.53. The zero-order valence-corrected chi connectivity index (χ0v) is 14.2. The van der Waals surface area contributed by atoms with E-state index in [-0.39, 0.29) is 5.91 Å². The molecular weight excluding hydrogens is 323 g/mol. The van der Waals surface area contributed by atoms with Crippen LogP contribution in [0.1, 0.15) is 29.9 Å². The highest BCUT2D eigenvalue weighted by Gasteiger charge is 2.26. The molecule has 1 aromatic carbocycles. The molecular formula is C19H17FN2OS. The largest absolute Gasteiger partial charge is 0.341 e. The van der Waals surface area contributed by atoms with E-state index >= 15 is 0 Å². The molecule has 0 spiro atoms. The molecule has 0 saturated carbocycles.